The number of nitrogens with zero attached hydrogens (tertiary/aromatic N) is 4. The summed E-state index contributed by atoms with van der Waals surface area (Å²) >= 11 is 0. The van der Waals surface area contributed by atoms with Crippen molar-refractivity contribution in [3.8, 4) is 0 Å². The second kappa shape index (κ2) is 6.50. The fourth-order valence-corrected chi connectivity index (χ4v) is 3.63. The Balaban J connectivity index is 1.58. The van der Waals surface area contributed by atoms with Crippen LogP contribution in [0.5, 0.6) is 0 Å². The van der Waals surface area contributed by atoms with Crippen molar-refractivity contribution in [1.29, 1.82) is 0 Å². The SMILES string of the molecule is CN(C)CCN1CCO[C@H]2CN(C(=O)N3CCCC3)C[C@H]21. The fourth-order valence-electron chi connectivity index (χ4n) is 3.63. The number of rotatable bonds is 3. The Morgan fingerprint density at radius 1 is 1.14 bits per heavy atom. The van der Waals surface area contributed by atoms with Crippen molar-refractivity contribution in [3.63, 3.8) is 0 Å². The Bertz CT molecular complexity index is 371. The molecule has 6 nitrogen and oxygen atoms in total. The Morgan fingerprint density at radius 2 is 1.90 bits per heavy atom. The number of hydrogen-bond donors (Lipinski definition) is 0. The lowest BCUT2D eigenvalue weighted by molar-refractivity contribution is -0.0482. The van der Waals surface area contributed by atoms with Crippen LogP contribution in [0, 0.1) is 0 Å². The van der Waals surface area contributed by atoms with Crippen LogP contribution in [0.25, 0.3) is 0 Å². The molecule has 3 aliphatic rings. The van der Waals surface area contributed by atoms with Gasteiger partial charge in [-0.1, -0.05) is 0 Å². The number of carbonyl (C=O) groups excluding carboxylic acids is 1. The van der Waals surface area contributed by atoms with Gasteiger partial charge in [0.1, 0.15) is 0 Å². The fraction of sp³-hybridized carbons (Fsp3) is 0.933. The second-order valence-electron chi connectivity index (χ2n) is 6.70. The number of carbonyl (C=O) groups is 1. The highest BCUT2D eigenvalue weighted by Gasteiger charge is 2.42. The molecule has 3 saturated heterocycles. The topological polar surface area (TPSA) is 39.3 Å². The van der Waals surface area contributed by atoms with E-state index in [-0.39, 0.29) is 12.1 Å². The van der Waals surface area contributed by atoms with Gasteiger partial charge in [-0.05, 0) is 26.9 Å². The van der Waals surface area contributed by atoms with Gasteiger partial charge in [0.15, 0.2) is 0 Å². The molecule has 3 aliphatic heterocycles. The molecular formula is C15H28N4O2. The van der Waals surface area contributed by atoms with Crippen molar-refractivity contribution in [1.82, 2.24) is 19.6 Å². The number of hydrogen-bond acceptors (Lipinski definition) is 4. The van der Waals surface area contributed by atoms with Crippen LogP contribution in [-0.2, 0) is 4.74 Å². The van der Waals surface area contributed by atoms with Crippen LogP contribution in [0.3, 0.4) is 0 Å². The number of fused-ring (bicyclic) bond motifs is 1. The molecule has 0 aromatic heterocycles. The summed E-state index contributed by atoms with van der Waals surface area (Å²) in [4.78, 5) is 21.3. The second-order valence-corrected chi connectivity index (χ2v) is 6.70. The van der Waals surface area contributed by atoms with Crippen LogP contribution in [0.1, 0.15) is 12.8 Å². The van der Waals surface area contributed by atoms with Crippen LogP contribution in [0.15, 0.2) is 0 Å². The number of urea groups is 1. The standard InChI is InChI=1S/C15H28N4O2/c1-16(2)7-8-17-9-10-21-14-12-19(11-13(14)17)15(20)18-5-3-4-6-18/h13-14H,3-12H2,1-2H3/t13-,14+/m1/s1. The van der Waals surface area contributed by atoms with E-state index in [1.54, 1.807) is 0 Å². The molecule has 3 rings (SSSR count). The predicted octanol–water partition coefficient (Wildman–Crippen LogP) is 0.149. The molecule has 0 unspecified atom stereocenters. The van der Waals surface area contributed by atoms with Gasteiger partial charge >= 0.3 is 6.03 Å². The molecule has 0 N–H and O–H groups in total. The molecule has 3 fully saturated rings. The van der Waals surface area contributed by atoms with Gasteiger partial charge in [0.2, 0.25) is 0 Å². The van der Waals surface area contributed by atoms with Gasteiger partial charge in [0.05, 0.1) is 25.3 Å². The molecule has 6 heteroatoms. The van der Waals surface area contributed by atoms with Gasteiger partial charge in [0, 0.05) is 39.3 Å². The number of likely N-dealkylation sites (tertiary alicyclic amines) is 2. The smallest absolute Gasteiger partial charge is 0.320 e. The highest BCUT2D eigenvalue weighted by atomic mass is 16.5. The third kappa shape index (κ3) is 3.33. The first-order valence-electron chi connectivity index (χ1n) is 8.19. The van der Waals surface area contributed by atoms with Crippen molar-refractivity contribution in [2.45, 2.75) is 25.0 Å². The first kappa shape index (κ1) is 15.1. The zero-order chi connectivity index (χ0) is 14.8. The maximum absolute atomic E-state index is 12.5. The molecule has 120 valence electrons. The van der Waals surface area contributed by atoms with Crippen molar-refractivity contribution < 1.29 is 9.53 Å². The van der Waals surface area contributed by atoms with E-state index < -0.39 is 0 Å². The van der Waals surface area contributed by atoms with Crippen LogP contribution in [0.4, 0.5) is 4.79 Å². The summed E-state index contributed by atoms with van der Waals surface area (Å²) in [7, 11) is 4.21. The first-order chi connectivity index (χ1) is 10.1. The number of morpholine rings is 1. The number of amides is 2. The molecular weight excluding hydrogens is 268 g/mol. The molecule has 0 aromatic rings. The Morgan fingerprint density at radius 3 is 2.62 bits per heavy atom. The summed E-state index contributed by atoms with van der Waals surface area (Å²) in [6.45, 7) is 7.34. The maximum atomic E-state index is 12.5. The van der Waals surface area contributed by atoms with E-state index >= 15 is 0 Å². The molecule has 0 radical (unpaired) electrons. The average molecular weight is 296 g/mol. The van der Waals surface area contributed by atoms with Crippen molar-refractivity contribution in [2.75, 3.05) is 66.5 Å². The van der Waals surface area contributed by atoms with E-state index in [0.717, 1.165) is 65.3 Å². The van der Waals surface area contributed by atoms with E-state index in [9.17, 15) is 4.79 Å². The normalized spacial score (nSPS) is 30.2. The molecule has 2 amide bonds. The third-order valence-electron chi connectivity index (χ3n) is 4.90. The molecule has 0 saturated carbocycles. The molecule has 2 atom stereocenters. The molecule has 3 heterocycles. The van der Waals surface area contributed by atoms with Crippen molar-refractivity contribution in [2.24, 2.45) is 0 Å². The summed E-state index contributed by atoms with van der Waals surface area (Å²) in [5, 5.41) is 0. The minimum absolute atomic E-state index is 0.201. The quantitative estimate of drug-likeness (QED) is 0.743. The Kier molecular flexibility index (Phi) is 4.66. The lowest BCUT2D eigenvalue weighted by Crippen LogP contribution is -2.52. The zero-order valence-electron chi connectivity index (χ0n) is 13.3. The van der Waals surface area contributed by atoms with Crippen LogP contribution in [-0.4, -0.2) is 104 Å². The maximum Gasteiger partial charge on any atom is 0.320 e. The lowest BCUT2D eigenvalue weighted by atomic mass is 10.1. The van der Waals surface area contributed by atoms with E-state index in [1.807, 2.05) is 9.80 Å². The summed E-state index contributed by atoms with van der Waals surface area (Å²) in [5.74, 6) is 0. The molecule has 21 heavy (non-hydrogen) atoms. The highest BCUT2D eigenvalue weighted by Crippen LogP contribution is 2.24. The van der Waals surface area contributed by atoms with Crippen molar-refractivity contribution in [3.05, 3.63) is 0 Å². The number of likely N-dealkylation sites (N-methyl/N-ethyl adjacent to an activating group) is 1. The van der Waals surface area contributed by atoms with Gasteiger partial charge in [0.25, 0.3) is 0 Å². The zero-order valence-corrected chi connectivity index (χ0v) is 13.3. The van der Waals surface area contributed by atoms with E-state index in [2.05, 4.69) is 23.9 Å². The van der Waals surface area contributed by atoms with Crippen molar-refractivity contribution >= 4 is 6.03 Å². The highest BCUT2D eigenvalue weighted by molar-refractivity contribution is 5.75. The first-order valence-corrected chi connectivity index (χ1v) is 8.19. The minimum Gasteiger partial charge on any atom is -0.373 e. The largest absolute Gasteiger partial charge is 0.373 e. The number of ether oxygens (including phenoxy) is 1. The Hall–Kier alpha value is -0.850. The minimum atomic E-state index is 0.201. The summed E-state index contributed by atoms with van der Waals surface area (Å²) in [5.41, 5.74) is 0. The van der Waals surface area contributed by atoms with Crippen LogP contribution in [0.2, 0.25) is 0 Å². The summed E-state index contributed by atoms with van der Waals surface area (Å²) in [6, 6.07) is 0.600. The average Bonchev–Trinajstić information content (AvgIpc) is 3.13. The summed E-state index contributed by atoms with van der Waals surface area (Å²) < 4.78 is 5.91. The van der Waals surface area contributed by atoms with Crippen LogP contribution < -0.4 is 0 Å². The predicted molar refractivity (Wildman–Crippen MR) is 81.4 cm³/mol. The van der Waals surface area contributed by atoms with E-state index in [0.29, 0.717) is 6.04 Å². The molecule has 0 bridgehead atoms. The van der Waals surface area contributed by atoms with E-state index in [4.69, 9.17) is 4.74 Å². The van der Waals surface area contributed by atoms with Gasteiger partial charge in [-0.2, -0.15) is 0 Å². The summed E-state index contributed by atoms with van der Waals surface area (Å²) in [6.07, 6.45) is 2.50. The molecule has 0 aliphatic carbocycles. The van der Waals surface area contributed by atoms with Gasteiger partial charge in [-0.3, -0.25) is 4.90 Å². The van der Waals surface area contributed by atoms with Gasteiger partial charge in [-0.25, -0.2) is 4.79 Å². The molecule has 0 aromatic carbocycles. The van der Waals surface area contributed by atoms with Gasteiger partial charge in [-0.15, -0.1) is 0 Å². The lowest BCUT2D eigenvalue weighted by Gasteiger charge is -2.37. The van der Waals surface area contributed by atoms with Crippen LogP contribution >= 0.6 is 0 Å². The monoisotopic (exact) mass is 296 g/mol. The third-order valence-corrected chi connectivity index (χ3v) is 4.90. The molecule has 0 spiro atoms. The Labute approximate surface area is 127 Å². The van der Waals surface area contributed by atoms with E-state index in [1.165, 1.54) is 0 Å². The van der Waals surface area contributed by atoms with Gasteiger partial charge < -0.3 is 19.4 Å².